The van der Waals surface area contributed by atoms with Crippen molar-refractivity contribution in [1.82, 2.24) is 9.78 Å². The minimum absolute atomic E-state index is 0.0168. The van der Waals surface area contributed by atoms with Crippen molar-refractivity contribution in [3.63, 3.8) is 0 Å². The summed E-state index contributed by atoms with van der Waals surface area (Å²) in [5.41, 5.74) is 0.645. The molecule has 0 aliphatic carbocycles. The lowest BCUT2D eigenvalue weighted by Crippen LogP contribution is -1.99. The first-order valence-electron chi connectivity index (χ1n) is 3.76. The minimum atomic E-state index is 0.0168. The van der Waals surface area contributed by atoms with Crippen LogP contribution in [0.25, 0.3) is 0 Å². The third-order valence-electron chi connectivity index (χ3n) is 1.75. The largest absolute Gasteiger partial charge is 0.364 e. The third-order valence-corrected chi connectivity index (χ3v) is 1.75. The summed E-state index contributed by atoms with van der Waals surface area (Å²) >= 11 is 0. The zero-order valence-electron chi connectivity index (χ0n) is 6.74. The van der Waals surface area contributed by atoms with Gasteiger partial charge in [-0.05, 0) is 6.08 Å². The Morgan fingerprint density at radius 2 is 2.50 bits per heavy atom. The van der Waals surface area contributed by atoms with Crippen molar-refractivity contribution in [3.05, 3.63) is 23.9 Å². The second kappa shape index (κ2) is 2.48. The number of nitrogens with zero attached hydrogens (tertiary/aromatic N) is 2. The highest BCUT2D eigenvalue weighted by molar-refractivity contribution is 6.08. The van der Waals surface area contributed by atoms with Gasteiger partial charge in [-0.15, -0.1) is 0 Å². The molecule has 0 atom stereocenters. The van der Waals surface area contributed by atoms with E-state index in [0.29, 0.717) is 17.9 Å². The monoisotopic (exact) mass is 163 g/mol. The van der Waals surface area contributed by atoms with Crippen LogP contribution in [-0.2, 0) is 7.05 Å². The van der Waals surface area contributed by atoms with Crippen LogP contribution in [0.1, 0.15) is 10.4 Å². The molecule has 0 amide bonds. The van der Waals surface area contributed by atoms with Crippen LogP contribution in [0.3, 0.4) is 0 Å². The van der Waals surface area contributed by atoms with Gasteiger partial charge in [0.15, 0.2) is 11.6 Å². The number of carbonyl (C=O) groups excluding carboxylic acids is 1. The normalized spacial score (nSPS) is 15.2. The Morgan fingerprint density at radius 3 is 3.33 bits per heavy atom. The number of fused-ring (bicyclic) bond motifs is 1. The molecule has 0 fully saturated rings. The molecule has 1 aliphatic rings. The molecule has 62 valence electrons. The lowest BCUT2D eigenvalue weighted by Gasteiger charge is -1.95. The molecule has 0 saturated carbocycles. The molecule has 0 unspecified atom stereocenters. The molecule has 1 aliphatic heterocycles. The maximum Gasteiger partial charge on any atom is 0.190 e. The Bertz CT molecular complexity index is 351. The van der Waals surface area contributed by atoms with Gasteiger partial charge in [0.25, 0.3) is 0 Å². The third kappa shape index (κ3) is 1.01. The maximum absolute atomic E-state index is 11.3. The van der Waals surface area contributed by atoms with Gasteiger partial charge >= 0.3 is 0 Å². The van der Waals surface area contributed by atoms with E-state index >= 15 is 0 Å². The van der Waals surface area contributed by atoms with Crippen molar-refractivity contribution in [2.24, 2.45) is 7.05 Å². The van der Waals surface area contributed by atoms with Gasteiger partial charge < -0.3 is 5.32 Å². The molecule has 0 spiro atoms. The van der Waals surface area contributed by atoms with E-state index in [9.17, 15) is 4.79 Å². The highest BCUT2D eigenvalue weighted by atomic mass is 16.1. The number of nitrogens with one attached hydrogen (secondary N) is 1. The number of aryl methyl sites for hydroxylation is 1. The number of carbonyl (C=O) groups is 1. The Hall–Kier alpha value is -1.58. The van der Waals surface area contributed by atoms with Crippen LogP contribution in [0, 0.1) is 0 Å². The fourth-order valence-corrected chi connectivity index (χ4v) is 1.21. The van der Waals surface area contributed by atoms with Crippen LogP contribution in [0.15, 0.2) is 18.3 Å². The van der Waals surface area contributed by atoms with Gasteiger partial charge in [0, 0.05) is 19.8 Å². The second-order valence-corrected chi connectivity index (χ2v) is 2.71. The highest BCUT2D eigenvalue weighted by Gasteiger charge is 2.14. The van der Waals surface area contributed by atoms with Crippen molar-refractivity contribution in [2.75, 3.05) is 11.9 Å². The quantitative estimate of drug-likeness (QED) is 0.608. The van der Waals surface area contributed by atoms with Gasteiger partial charge in [0.1, 0.15) is 0 Å². The topological polar surface area (TPSA) is 46.9 Å². The predicted octanol–water partition coefficient (Wildman–Crippen LogP) is 0.584. The molecule has 2 rings (SSSR count). The van der Waals surface area contributed by atoms with Crippen molar-refractivity contribution in [1.29, 1.82) is 0 Å². The summed E-state index contributed by atoms with van der Waals surface area (Å²) in [6.07, 6.45) is 5.09. The van der Waals surface area contributed by atoms with Crippen molar-refractivity contribution in [3.8, 4) is 0 Å². The van der Waals surface area contributed by atoms with E-state index in [1.54, 1.807) is 30.1 Å². The maximum atomic E-state index is 11.3. The van der Waals surface area contributed by atoms with Crippen LogP contribution in [0.2, 0.25) is 0 Å². The number of hydrogen-bond donors (Lipinski definition) is 1. The summed E-state index contributed by atoms with van der Waals surface area (Å²) in [4.78, 5) is 11.3. The first-order chi connectivity index (χ1) is 5.77. The minimum Gasteiger partial charge on any atom is -0.364 e. The summed E-state index contributed by atoms with van der Waals surface area (Å²) in [5.74, 6) is 0.690. The van der Waals surface area contributed by atoms with Gasteiger partial charge in [-0.2, -0.15) is 5.10 Å². The number of aromatic nitrogens is 2. The molecular weight excluding hydrogens is 154 g/mol. The van der Waals surface area contributed by atoms with E-state index in [1.807, 2.05) is 0 Å². The standard InChI is InChI=1S/C8H9N3O/c1-11-5-6-7(12)3-2-4-9-8(6)10-11/h2-3,5H,4H2,1H3,(H,9,10). The summed E-state index contributed by atoms with van der Waals surface area (Å²) in [5, 5.41) is 7.14. The molecule has 0 saturated heterocycles. The number of rotatable bonds is 0. The fraction of sp³-hybridized carbons (Fsp3) is 0.250. The molecule has 4 heteroatoms. The van der Waals surface area contributed by atoms with E-state index in [0.717, 1.165) is 0 Å². The van der Waals surface area contributed by atoms with Gasteiger partial charge in [0.2, 0.25) is 0 Å². The molecular formula is C8H9N3O. The van der Waals surface area contributed by atoms with E-state index in [4.69, 9.17) is 0 Å². The van der Waals surface area contributed by atoms with Gasteiger partial charge in [-0.1, -0.05) is 6.08 Å². The lowest BCUT2D eigenvalue weighted by atomic mass is 10.2. The van der Waals surface area contributed by atoms with E-state index in [-0.39, 0.29) is 5.78 Å². The molecule has 12 heavy (non-hydrogen) atoms. The second-order valence-electron chi connectivity index (χ2n) is 2.71. The first-order valence-corrected chi connectivity index (χ1v) is 3.76. The lowest BCUT2D eigenvalue weighted by molar-refractivity contribution is 0.104. The summed E-state index contributed by atoms with van der Waals surface area (Å²) in [6.45, 7) is 0.662. The molecule has 0 radical (unpaired) electrons. The van der Waals surface area contributed by atoms with Crippen molar-refractivity contribution >= 4 is 11.6 Å². The summed E-state index contributed by atoms with van der Waals surface area (Å²) in [6, 6.07) is 0. The van der Waals surface area contributed by atoms with E-state index in [1.165, 1.54) is 0 Å². The Kier molecular flexibility index (Phi) is 1.46. The zero-order chi connectivity index (χ0) is 8.55. The SMILES string of the molecule is Cn1cc2c(n1)NCC=CC2=O. The van der Waals surface area contributed by atoms with Crippen LogP contribution < -0.4 is 5.32 Å². The highest BCUT2D eigenvalue weighted by Crippen LogP contribution is 2.15. The summed E-state index contributed by atoms with van der Waals surface area (Å²) in [7, 11) is 1.80. The van der Waals surface area contributed by atoms with Gasteiger partial charge in [-0.25, -0.2) is 0 Å². The van der Waals surface area contributed by atoms with Crippen LogP contribution >= 0.6 is 0 Å². The number of anilines is 1. The van der Waals surface area contributed by atoms with E-state index in [2.05, 4.69) is 10.4 Å². The van der Waals surface area contributed by atoms with Gasteiger partial charge in [-0.3, -0.25) is 9.48 Å². The van der Waals surface area contributed by atoms with Crippen LogP contribution in [0.4, 0.5) is 5.82 Å². The molecule has 1 N–H and O–H groups in total. The molecule has 1 aromatic heterocycles. The van der Waals surface area contributed by atoms with E-state index < -0.39 is 0 Å². The van der Waals surface area contributed by atoms with Gasteiger partial charge in [0.05, 0.1) is 5.56 Å². The fourth-order valence-electron chi connectivity index (χ4n) is 1.21. The van der Waals surface area contributed by atoms with Crippen LogP contribution in [0.5, 0.6) is 0 Å². The Balaban J connectivity index is 2.52. The number of hydrogen-bond acceptors (Lipinski definition) is 3. The average molecular weight is 163 g/mol. The molecule has 4 nitrogen and oxygen atoms in total. The first kappa shape index (κ1) is 7.09. The molecule has 2 heterocycles. The van der Waals surface area contributed by atoms with Crippen molar-refractivity contribution < 1.29 is 4.79 Å². The smallest absolute Gasteiger partial charge is 0.190 e. The Morgan fingerprint density at radius 1 is 1.67 bits per heavy atom. The molecule has 0 aromatic carbocycles. The number of allylic oxidation sites excluding steroid dienone is 1. The number of ketones is 1. The Labute approximate surface area is 69.9 Å². The molecule has 0 bridgehead atoms. The average Bonchev–Trinajstić information content (AvgIpc) is 2.33. The molecule has 1 aromatic rings. The zero-order valence-corrected chi connectivity index (χ0v) is 6.74. The van der Waals surface area contributed by atoms with Crippen molar-refractivity contribution in [2.45, 2.75) is 0 Å². The predicted molar refractivity (Wildman–Crippen MR) is 45.2 cm³/mol. The van der Waals surface area contributed by atoms with Crippen LogP contribution in [-0.4, -0.2) is 22.1 Å². The summed E-state index contributed by atoms with van der Waals surface area (Å²) < 4.78 is 1.63.